The number of carbonyl (C=O) groups is 1. The molecule has 0 atom stereocenters. The van der Waals surface area contributed by atoms with Gasteiger partial charge in [0.1, 0.15) is 5.82 Å². The number of anilines is 1. The number of benzene rings is 2. The van der Waals surface area contributed by atoms with Crippen molar-refractivity contribution in [3.8, 4) is 0 Å². The summed E-state index contributed by atoms with van der Waals surface area (Å²) in [6.07, 6.45) is 0.0923. The topological polar surface area (TPSA) is 60.9 Å². The molecule has 2 N–H and O–H groups in total. The zero-order valence-electron chi connectivity index (χ0n) is 11.5. The Kier molecular flexibility index (Phi) is 3.17. The highest BCUT2D eigenvalue weighted by molar-refractivity contribution is 6.03. The second kappa shape index (κ2) is 5.01. The van der Waals surface area contributed by atoms with Gasteiger partial charge in [-0.05, 0) is 18.2 Å². The fourth-order valence-electron chi connectivity index (χ4n) is 2.45. The molecule has 0 unspecified atom stereocenters. The summed E-state index contributed by atoms with van der Waals surface area (Å²) in [5.74, 6) is -0.817. The van der Waals surface area contributed by atoms with Crippen molar-refractivity contribution in [3.05, 3.63) is 59.5 Å². The number of aryl methyl sites for hydroxylation is 1. The first-order valence-corrected chi connectivity index (χ1v) is 6.55. The molecule has 0 fully saturated rings. The summed E-state index contributed by atoms with van der Waals surface area (Å²) in [6, 6.07) is 11.9. The Hall–Kier alpha value is -2.69. The predicted octanol–water partition coefficient (Wildman–Crippen LogP) is 2.72. The quantitative estimate of drug-likeness (QED) is 0.594. The normalized spacial score (nSPS) is 11.0. The van der Waals surface area contributed by atoms with Gasteiger partial charge in [-0.1, -0.05) is 24.3 Å². The molecule has 1 heterocycles. The molecule has 0 amide bonds. The molecule has 5 heteroatoms. The van der Waals surface area contributed by atoms with Gasteiger partial charge in [-0.2, -0.15) is 5.10 Å². The van der Waals surface area contributed by atoms with E-state index in [1.807, 2.05) is 31.3 Å². The van der Waals surface area contributed by atoms with Crippen molar-refractivity contribution in [2.45, 2.75) is 6.42 Å². The van der Waals surface area contributed by atoms with E-state index in [-0.39, 0.29) is 23.5 Å². The molecular formula is C16H14FN3O. The minimum absolute atomic E-state index is 0.0923. The number of rotatable bonds is 3. The number of para-hydroxylation sites is 2. The third kappa shape index (κ3) is 2.27. The molecule has 1 aromatic heterocycles. The summed E-state index contributed by atoms with van der Waals surface area (Å²) in [7, 11) is 1.83. The average molecular weight is 283 g/mol. The van der Waals surface area contributed by atoms with Crippen LogP contribution < -0.4 is 5.73 Å². The van der Waals surface area contributed by atoms with Gasteiger partial charge in [-0.25, -0.2) is 4.39 Å². The molecule has 106 valence electrons. The van der Waals surface area contributed by atoms with E-state index in [9.17, 15) is 9.18 Å². The Morgan fingerprint density at radius 3 is 2.81 bits per heavy atom. The molecule has 3 aromatic rings. The number of hydrogen-bond acceptors (Lipinski definition) is 3. The SMILES string of the molecule is Cn1nc(CC(=O)c2cccc(F)c2N)c2ccccc21. The highest BCUT2D eigenvalue weighted by Crippen LogP contribution is 2.22. The number of ketones is 1. The average Bonchev–Trinajstić information content (AvgIpc) is 2.79. The fourth-order valence-corrected chi connectivity index (χ4v) is 2.45. The number of nitrogens with two attached hydrogens (primary N) is 1. The highest BCUT2D eigenvalue weighted by Gasteiger charge is 2.17. The Bertz CT molecular complexity index is 839. The van der Waals surface area contributed by atoms with Crippen molar-refractivity contribution in [1.29, 1.82) is 0 Å². The molecule has 0 saturated heterocycles. The van der Waals surface area contributed by atoms with Gasteiger partial charge < -0.3 is 5.73 Å². The lowest BCUT2D eigenvalue weighted by atomic mass is 10.0. The lowest BCUT2D eigenvalue weighted by molar-refractivity contribution is 0.0992. The van der Waals surface area contributed by atoms with Crippen molar-refractivity contribution in [3.63, 3.8) is 0 Å². The third-order valence-electron chi connectivity index (χ3n) is 3.52. The van der Waals surface area contributed by atoms with Crippen LogP contribution in [-0.4, -0.2) is 15.6 Å². The largest absolute Gasteiger partial charge is 0.396 e. The van der Waals surface area contributed by atoms with Gasteiger partial charge in [0.2, 0.25) is 0 Å². The van der Waals surface area contributed by atoms with Crippen LogP contribution >= 0.6 is 0 Å². The molecule has 4 nitrogen and oxygen atoms in total. The number of Topliss-reactive ketones (excluding diaryl/α,β-unsaturated/α-hetero) is 1. The summed E-state index contributed by atoms with van der Waals surface area (Å²) in [5, 5.41) is 5.29. The number of aromatic nitrogens is 2. The lowest BCUT2D eigenvalue weighted by Crippen LogP contribution is -2.09. The Balaban J connectivity index is 1.99. The van der Waals surface area contributed by atoms with Crippen molar-refractivity contribution >= 4 is 22.4 Å². The number of fused-ring (bicyclic) bond motifs is 1. The van der Waals surface area contributed by atoms with Crippen molar-refractivity contribution < 1.29 is 9.18 Å². The number of nitrogens with zero attached hydrogens (tertiary/aromatic N) is 2. The van der Waals surface area contributed by atoms with E-state index in [4.69, 9.17) is 5.73 Å². The summed E-state index contributed by atoms with van der Waals surface area (Å²) in [5.41, 5.74) is 7.34. The number of nitrogen functional groups attached to an aromatic ring is 1. The number of halogens is 1. The van der Waals surface area contributed by atoms with E-state index < -0.39 is 5.82 Å². The third-order valence-corrected chi connectivity index (χ3v) is 3.52. The van der Waals surface area contributed by atoms with Gasteiger partial charge in [0.25, 0.3) is 0 Å². The molecule has 0 bridgehead atoms. The summed E-state index contributed by atoms with van der Waals surface area (Å²) in [4.78, 5) is 12.3. The van der Waals surface area contributed by atoms with Gasteiger partial charge in [0.05, 0.1) is 23.3 Å². The van der Waals surface area contributed by atoms with Crippen molar-refractivity contribution in [1.82, 2.24) is 9.78 Å². The molecule has 0 aliphatic carbocycles. The molecule has 0 radical (unpaired) electrons. The van der Waals surface area contributed by atoms with E-state index in [2.05, 4.69) is 5.10 Å². The first kappa shape index (κ1) is 13.3. The van der Waals surface area contributed by atoms with E-state index in [0.29, 0.717) is 5.69 Å². The van der Waals surface area contributed by atoms with Crippen LogP contribution in [0.4, 0.5) is 10.1 Å². The molecule has 0 saturated carbocycles. The highest BCUT2D eigenvalue weighted by atomic mass is 19.1. The Morgan fingerprint density at radius 1 is 1.24 bits per heavy atom. The van der Waals surface area contributed by atoms with Crippen LogP contribution in [0.2, 0.25) is 0 Å². The molecule has 0 spiro atoms. The minimum atomic E-state index is -0.577. The molecule has 0 aliphatic rings. The fraction of sp³-hybridized carbons (Fsp3) is 0.125. The van der Waals surface area contributed by atoms with E-state index in [1.54, 1.807) is 4.68 Å². The molecular weight excluding hydrogens is 269 g/mol. The zero-order valence-corrected chi connectivity index (χ0v) is 11.5. The second-order valence-electron chi connectivity index (χ2n) is 4.89. The van der Waals surface area contributed by atoms with E-state index in [0.717, 1.165) is 10.9 Å². The first-order chi connectivity index (χ1) is 10.1. The summed E-state index contributed by atoms with van der Waals surface area (Å²) < 4.78 is 15.2. The van der Waals surface area contributed by atoms with Crippen LogP contribution in [0.15, 0.2) is 42.5 Å². The maximum atomic E-state index is 13.4. The first-order valence-electron chi connectivity index (χ1n) is 6.55. The maximum Gasteiger partial charge on any atom is 0.171 e. The smallest absolute Gasteiger partial charge is 0.171 e. The Morgan fingerprint density at radius 2 is 2.00 bits per heavy atom. The molecule has 0 aliphatic heterocycles. The van der Waals surface area contributed by atoms with Gasteiger partial charge >= 0.3 is 0 Å². The van der Waals surface area contributed by atoms with Gasteiger partial charge in [-0.3, -0.25) is 9.48 Å². The van der Waals surface area contributed by atoms with Gasteiger partial charge in [-0.15, -0.1) is 0 Å². The number of carbonyl (C=O) groups excluding carboxylic acids is 1. The molecule has 2 aromatic carbocycles. The standard InChI is InChI=1S/C16H14FN3O/c1-20-14-8-3-2-5-10(14)13(19-20)9-15(21)11-6-4-7-12(17)16(11)18/h2-8H,9,18H2,1H3. The van der Waals surface area contributed by atoms with Crippen LogP contribution in [0.1, 0.15) is 16.1 Å². The zero-order chi connectivity index (χ0) is 15.0. The van der Waals surface area contributed by atoms with Crippen molar-refractivity contribution in [2.24, 2.45) is 7.05 Å². The van der Waals surface area contributed by atoms with E-state index >= 15 is 0 Å². The molecule has 21 heavy (non-hydrogen) atoms. The minimum Gasteiger partial charge on any atom is -0.396 e. The lowest BCUT2D eigenvalue weighted by Gasteiger charge is -2.04. The number of hydrogen-bond donors (Lipinski definition) is 1. The van der Waals surface area contributed by atoms with Gasteiger partial charge in [0, 0.05) is 18.0 Å². The summed E-state index contributed by atoms with van der Waals surface area (Å²) in [6.45, 7) is 0. The Labute approximate surface area is 121 Å². The van der Waals surface area contributed by atoms with Gasteiger partial charge in [0.15, 0.2) is 5.78 Å². The summed E-state index contributed by atoms with van der Waals surface area (Å²) >= 11 is 0. The van der Waals surface area contributed by atoms with Crippen LogP contribution in [0.3, 0.4) is 0 Å². The van der Waals surface area contributed by atoms with Crippen LogP contribution in [0.25, 0.3) is 10.9 Å². The second-order valence-corrected chi connectivity index (χ2v) is 4.89. The maximum absolute atomic E-state index is 13.4. The van der Waals surface area contributed by atoms with E-state index in [1.165, 1.54) is 18.2 Å². The van der Waals surface area contributed by atoms with Crippen LogP contribution in [0, 0.1) is 5.82 Å². The molecule has 3 rings (SSSR count). The monoisotopic (exact) mass is 283 g/mol. The predicted molar refractivity (Wildman–Crippen MR) is 79.6 cm³/mol. The van der Waals surface area contributed by atoms with Crippen molar-refractivity contribution in [2.75, 3.05) is 5.73 Å². The van der Waals surface area contributed by atoms with Crippen LogP contribution in [-0.2, 0) is 13.5 Å². The van der Waals surface area contributed by atoms with Crippen LogP contribution in [0.5, 0.6) is 0 Å².